The van der Waals surface area contributed by atoms with Gasteiger partial charge in [-0.3, -0.25) is 14.9 Å². The van der Waals surface area contributed by atoms with E-state index in [9.17, 15) is 14.9 Å². The third-order valence-electron chi connectivity index (χ3n) is 5.06. The Balaban J connectivity index is 1.87. The van der Waals surface area contributed by atoms with Gasteiger partial charge in [-0.25, -0.2) is 4.98 Å². The molecule has 1 aromatic heterocycles. The fourth-order valence-electron chi connectivity index (χ4n) is 3.38. The maximum absolute atomic E-state index is 12.9. The van der Waals surface area contributed by atoms with Gasteiger partial charge < -0.3 is 29.3 Å². The van der Waals surface area contributed by atoms with Crippen LogP contribution in [-0.4, -0.2) is 75.3 Å². The van der Waals surface area contributed by atoms with Crippen LogP contribution in [-0.2, 0) is 0 Å². The van der Waals surface area contributed by atoms with E-state index in [-0.39, 0.29) is 22.8 Å². The normalized spacial score (nSPS) is 14.1. The van der Waals surface area contributed by atoms with Crippen LogP contribution in [0.15, 0.2) is 24.4 Å². The second-order valence-corrected chi connectivity index (χ2v) is 6.95. The summed E-state index contributed by atoms with van der Waals surface area (Å²) >= 11 is 0. The average molecular weight is 431 g/mol. The van der Waals surface area contributed by atoms with Crippen LogP contribution in [0.25, 0.3) is 0 Å². The van der Waals surface area contributed by atoms with Gasteiger partial charge in [0.15, 0.2) is 5.75 Å². The minimum absolute atomic E-state index is 0.0337. The van der Waals surface area contributed by atoms with Crippen molar-refractivity contribution in [2.75, 3.05) is 64.8 Å². The second kappa shape index (κ2) is 9.47. The van der Waals surface area contributed by atoms with Crippen LogP contribution in [0.2, 0.25) is 0 Å². The zero-order valence-corrected chi connectivity index (χ0v) is 17.9. The molecule has 11 nitrogen and oxygen atoms in total. The van der Waals surface area contributed by atoms with Crippen LogP contribution in [0.4, 0.5) is 17.2 Å². The lowest BCUT2D eigenvalue weighted by Gasteiger charge is -2.33. The van der Waals surface area contributed by atoms with Crippen molar-refractivity contribution in [3.8, 4) is 17.2 Å². The SMILES string of the molecule is COc1cc(C(=O)Nc2ccc(N3CCN(C)CC3)nc2)c([N+](=O)[O-])c(OC)c1OC. The molecule has 0 spiro atoms. The number of nitro groups is 1. The summed E-state index contributed by atoms with van der Waals surface area (Å²) in [7, 11) is 6.03. The van der Waals surface area contributed by atoms with Crippen molar-refractivity contribution in [2.24, 2.45) is 0 Å². The number of nitrogens with one attached hydrogen (secondary N) is 1. The van der Waals surface area contributed by atoms with Gasteiger partial charge >= 0.3 is 5.69 Å². The van der Waals surface area contributed by atoms with Gasteiger partial charge in [0.25, 0.3) is 5.91 Å². The first kappa shape index (κ1) is 22.1. The molecule has 0 bridgehead atoms. The number of anilines is 2. The Bertz CT molecular complexity index is 958. The van der Waals surface area contributed by atoms with Crippen molar-refractivity contribution >= 4 is 23.1 Å². The Kier molecular flexibility index (Phi) is 6.75. The van der Waals surface area contributed by atoms with Crippen molar-refractivity contribution < 1.29 is 23.9 Å². The molecule has 0 unspecified atom stereocenters. The Morgan fingerprint density at radius 1 is 1.10 bits per heavy atom. The van der Waals surface area contributed by atoms with Crippen molar-refractivity contribution in [1.82, 2.24) is 9.88 Å². The molecule has 2 aromatic rings. The number of hydrogen-bond donors (Lipinski definition) is 1. The molecule has 11 heteroatoms. The number of hydrogen-bond acceptors (Lipinski definition) is 9. The van der Waals surface area contributed by atoms with Crippen molar-refractivity contribution in [2.45, 2.75) is 0 Å². The molecule has 1 amide bonds. The summed E-state index contributed by atoms with van der Waals surface area (Å²) in [5, 5.41) is 14.3. The number of likely N-dealkylation sites (N-methyl/N-ethyl adjacent to an activating group) is 1. The van der Waals surface area contributed by atoms with Crippen LogP contribution >= 0.6 is 0 Å². The first-order valence-corrected chi connectivity index (χ1v) is 9.57. The molecule has 0 saturated carbocycles. The van der Waals surface area contributed by atoms with Crippen LogP contribution in [0.3, 0.4) is 0 Å². The van der Waals surface area contributed by atoms with E-state index in [2.05, 4.69) is 27.1 Å². The molecule has 0 radical (unpaired) electrons. The van der Waals surface area contributed by atoms with Gasteiger partial charge in [0, 0.05) is 32.2 Å². The van der Waals surface area contributed by atoms with Gasteiger partial charge in [0.2, 0.25) is 11.5 Å². The summed E-state index contributed by atoms with van der Waals surface area (Å²) in [6, 6.07) is 4.77. The Labute approximate surface area is 179 Å². The van der Waals surface area contributed by atoms with Gasteiger partial charge in [0.1, 0.15) is 11.4 Å². The minimum Gasteiger partial charge on any atom is -0.493 e. The lowest BCUT2D eigenvalue weighted by atomic mass is 10.1. The third kappa shape index (κ3) is 4.61. The van der Waals surface area contributed by atoms with Gasteiger partial charge in [-0.15, -0.1) is 0 Å². The van der Waals surface area contributed by atoms with Gasteiger partial charge in [-0.2, -0.15) is 0 Å². The number of carbonyl (C=O) groups excluding carboxylic acids is 1. The predicted octanol–water partition coefficient (Wildman–Crippen LogP) is 2.02. The third-order valence-corrected chi connectivity index (χ3v) is 5.06. The summed E-state index contributed by atoms with van der Waals surface area (Å²) in [6.45, 7) is 3.63. The van der Waals surface area contributed by atoms with Crippen LogP contribution in [0.1, 0.15) is 10.4 Å². The van der Waals surface area contributed by atoms with E-state index in [1.54, 1.807) is 6.07 Å². The topological polar surface area (TPSA) is 119 Å². The fraction of sp³-hybridized carbons (Fsp3) is 0.400. The highest BCUT2D eigenvalue weighted by Crippen LogP contribution is 2.46. The highest BCUT2D eigenvalue weighted by molar-refractivity contribution is 6.08. The zero-order chi connectivity index (χ0) is 22.5. The maximum atomic E-state index is 12.9. The number of nitrogens with zero attached hydrogens (tertiary/aromatic N) is 4. The first-order chi connectivity index (χ1) is 14.9. The molecule has 1 aliphatic rings. The molecule has 3 rings (SSSR count). The maximum Gasteiger partial charge on any atom is 0.327 e. The molecular weight excluding hydrogens is 406 g/mol. The molecule has 1 saturated heterocycles. The summed E-state index contributed by atoms with van der Waals surface area (Å²) < 4.78 is 15.5. The minimum atomic E-state index is -0.694. The smallest absolute Gasteiger partial charge is 0.327 e. The number of carbonyl (C=O) groups is 1. The molecule has 1 fully saturated rings. The van der Waals surface area contributed by atoms with E-state index in [0.29, 0.717) is 5.69 Å². The number of rotatable bonds is 7. The van der Waals surface area contributed by atoms with E-state index < -0.39 is 16.5 Å². The van der Waals surface area contributed by atoms with Crippen molar-refractivity contribution in [3.05, 3.63) is 40.1 Å². The molecule has 166 valence electrons. The largest absolute Gasteiger partial charge is 0.493 e. The fourth-order valence-corrected chi connectivity index (χ4v) is 3.38. The number of pyridine rings is 1. The summed E-state index contributed by atoms with van der Waals surface area (Å²) in [4.78, 5) is 32.7. The van der Waals surface area contributed by atoms with Gasteiger partial charge in [-0.1, -0.05) is 0 Å². The summed E-state index contributed by atoms with van der Waals surface area (Å²) in [5.74, 6) is 0.0931. The number of amides is 1. The molecule has 1 aromatic carbocycles. The molecule has 31 heavy (non-hydrogen) atoms. The molecule has 2 heterocycles. The van der Waals surface area contributed by atoms with Gasteiger partial charge in [0.05, 0.1) is 38.1 Å². The van der Waals surface area contributed by atoms with E-state index >= 15 is 0 Å². The number of piperazine rings is 1. The lowest BCUT2D eigenvalue weighted by Crippen LogP contribution is -2.44. The van der Waals surface area contributed by atoms with Crippen LogP contribution in [0.5, 0.6) is 17.2 Å². The number of aromatic nitrogens is 1. The molecular formula is C20H25N5O6. The molecule has 1 N–H and O–H groups in total. The zero-order valence-electron chi connectivity index (χ0n) is 17.9. The average Bonchev–Trinajstić information content (AvgIpc) is 2.78. The van der Waals surface area contributed by atoms with E-state index in [1.807, 2.05) is 6.07 Å². The predicted molar refractivity (Wildman–Crippen MR) is 115 cm³/mol. The van der Waals surface area contributed by atoms with E-state index in [1.165, 1.54) is 33.6 Å². The highest BCUT2D eigenvalue weighted by atomic mass is 16.6. The Morgan fingerprint density at radius 3 is 2.29 bits per heavy atom. The number of ether oxygens (including phenoxy) is 3. The quantitative estimate of drug-likeness (QED) is 0.518. The Hall–Kier alpha value is -3.60. The second-order valence-electron chi connectivity index (χ2n) is 6.95. The van der Waals surface area contributed by atoms with E-state index in [4.69, 9.17) is 14.2 Å². The number of methoxy groups -OCH3 is 3. The van der Waals surface area contributed by atoms with Crippen molar-refractivity contribution in [3.63, 3.8) is 0 Å². The number of nitro benzene ring substituents is 1. The number of benzene rings is 1. The standard InChI is InChI=1S/C20H25N5O6/c1-23-7-9-24(10-8-23)16-6-5-13(12-21-16)22-20(26)14-11-15(29-2)18(30-3)19(31-4)17(14)25(27)28/h5-6,11-12H,7-10H2,1-4H3,(H,22,26). The first-order valence-electron chi connectivity index (χ1n) is 9.57. The molecule has 0 aliphatic carbocycles. The summed E-state index contributed by atoms with van der Waals surface area (Å²) in [6.07, 6.45) is 1.52. The lowest BCUT2D eigenvalue weighted by molar-refractivity contribution is -0.386. The van der Waals surface area contributed by atoms with Crippen molar-refractivity contribution in [1.29, 1.82) is 0 Å². The molecule has 1 aliphatic heterocycles. The molecule has 0 atom stereocenters. The Morgan fingerprint density at radius 2 is 1.77 bits per heavy atom. The van der Waals surface area contributed by atoms with E-state index in [0.717, 1.165) is 32.0 Å². The monoisotopic (exact) mass is 431 g/mol. The highest BCUT2D eigenvalue weighted by Gasteiger charge is 2.32. The van der Waals surface area contributed by atoms with Crippen LogP contribution in [0, 0.1) is 10.1 Å². The van der Waals surface area contributed by atoms with Gasteiger partial charge in [-0.05, 0) is 19.2 Å². The van der Waals surface area contributed by atoms with Crippen LogP contribution < -0.4 is 24.4 Å². The summed E-state index contributed by atoms with van der Waals surface area (Å²) in [5.41, 5.74) is -0.326.